The summed E-state index contributed by atoms with van der Waals surface area (Å²) in [5, 5.41) is 6.86. The van der Waals surface area contributed by atoms with Crippen molar-refractivity contribution >= 4 is 5.69 Å². The third-order valence-corrected chi connectivity index (χ3v) is 3.01. The summed E-state index contributed by atoms with van der Waals surface area (Å²) in [6, 6.07) is 10.3. The van der Waals surface area contributed by atoms with E-state index in [-0.39, 0.29) is 0 Å². The second-order valence-electron chi connectivity index (χ2n) is 4.72. The smallest absolute Gasteiger partial charge is 0.0340 e. The van der Waals surface area contributed by atoms with E-state index in [9.17, 15) is 0 Å². The van der Waals surface area contributed by atoms with Gasteiger partial charge in [0.15, 0.2) is 0 Å². The van der Waals surface area contributed by atoms with E-state index in [4.69, 9.17) is 0 Å². The largest absolute Gasteiger partial charge is 0.384 e. The van der Waals surface area contributed by atoms with Crippen molar-refractivity contribution < 1.29 is 0 Å². The van der Waals surface area contributed by atoms with Crippen LogP contribution >= 0.6 is 0 Å². The lowest BCUT2D eigenvalue weighted by Gasteiger charge is -2.16. The van der Waals surface area contributed by atoms with Crippen molar-refractivity contribution in [1.82, 2.24) is 5.32 Å². The van der Waals surface area contributed by atoms with Crippen LogP contribution in [0.3, 0.4) is 0 Å². The molecule has 0 fully saturated rings. The maximum atomic E-state index is 3.47. The van der Waals surface area contributed by atoms with E-state index >= 15 is 0 Å². The topological polar surface area (TPSA) is 24.1 Å². The maximum absolute atomic E-state index is 3.47. The molecule has 0 spiro atoms. The van der Waals surface area contributed by atoms with Crippen LogP contribution in [0.25, 0.3) is 0 Å². The second-order valence-corrected chi connectivity index (χ2v) is 4.72. The van der Waals surface area contributed by atoms with Gasteiger partial charge in [0.2, 0.25) is 0 Å². The van der Waals surface area contributed by atoms with Crippen molar-refractivity contribution in [3.63, 3.8) is 0 Å². The van der Waals surface area contributed by atoms with Crippen molar-refractivity contribution in [2.24, 2.45) is 11.8 Å². The predicted molar refractivity (Wildman–Crippen MR) is 71.8 cm³/mol. The Labute approximate surface area is 99.5 Å². The zero-order valence-corrected chi connectivity index (χ0v) is 10.7. The van der Waals surface area contributed by atoms with Gasteiger partial charge in [-0.15, -0.1) is 0 Å². The Morgan fingerprint density at radius 3 is 2.31 bits per heavy atom. The number of nitrogens with one attached hydrogen (secondary N) is 2. The van der Waals surface area contributed by atoms with E-state index in [0.717, 1.165) is 31.5 Å². The van der Waals surface area contributed by atoms with Gasteiger partial charge in [-0.2, -0.15) is 0 Å². The summed E-state index contributed by atoms with van der Waals surface area (Å²) in [5.74, 6) is 1.51. The number of benzene rings is 1. The highest BCUT2D eigenvalue weighted by Gasteiger charge is 2.05. The molecule has 0 saturated carbocycles. The Morgan fingerprint density at radius 1 is 1.00 bits per heavy atom. The van der Waals surface area contributed by atoms with E-state index < -0.39 is 0 Å². The average Bonchev–Trinajstić information content (AvgIpc) is 2.29. The number of rotatable bonds is 7. The molecule has 0 aliphatic rings. The van der Waals surface area contributed by atoms with Crippen molar-refractivity contribution in [2.75, 3.05) is 25.0 Å². The number of hydrogen-bond acceptors (Lipinski definition) is 2. The molecule has 0 saturated heterocycles. The first kappa shape index (κ1) is 13.0. The van der Waals surface area contributed by atoms with Gasteiger partial charge in [0.25, 0.3) is 0 Å². The minimum Gasteiger partial charge on any atom is -0.384 e. The SMILES string of the molecule is CC(C)C(C)CNCCNc1ccccc1. The van der Waals surface area contributed by atoms with Crippen LogP contribution in [0.15, 0.2) is 30.3 Å². The fourth-order valence-corrected chi connectivity index (χ4v) is 1.42. The van der Waals surface area contributed by atoms with Crippen LogP contribution in [0.4, 0.5) is 5.69 Å². The molecule has 1 atom stereocenters. The first-order valence-electron chi connectivity index (χ1n) is 6.19. The lowest BCUT2D eigenvalue weighted by atomic mass is 9.98. The fourth-order valence-electron chi connectivity index (χ4n) is 1.42. The van der Waals surface area contributed by atoms with Crippen LogP contribution in [-0.4, -0.2) is 19.6 Å². The molecule has 0 amide bonds. The Hall–Kier alpha value is -1.02. The van der Waals surface area contributed by atoms with Crippen LogP contribution in [0.1, 0.15) is 20.8 Å². The van der Waals surface area contributed by atoms with E-state index in [1.165, 1.54) is 5.69 Å². The molecule has 16 heavy (non-hydrogen) atoms. The Balaban J connectivity index is 2.04. The zero-order valence-electron chi connectivity index (χ0n) is 10.7. The molecule has 0 aliphatic heterocycles. The molecule has 1 rings (SSSR count). The lowest BCUT2D eigenvalue weighted by Crippen LogP contribution is -2.28. The molecule has 0 radical (unpaired) electrons. The van der Waals surface area contributed by atoms with Gasteiger partial charge < -0.3 is 10.6 Å². The molecule has 0 aromatic heterocycles. The van der Waals surface area contributed by atoms with Crippen molar-refractivity contribution in [3.05, 3.63) is 30.3 Å². The fraction of sp³-hybridized carbons (Fsp3) is 0.571. The summed E-state index contributed by atoms with van der Waals surface area (Å²) in [7, 11) is 0. The molecule has 0 aliphatic carbocycles. The highest BCUT2D eigenvalue weighted by molar-refractivity contribution is 5.42. The summed E-state index contributed by atoms with van der Waals surface area (Å²) in [6.45, 7) is 9.94. The Bertz CT molecular complexity index is 269. The van der Waals surface area contributed by atoms with Gasteiger partial charge in [-0.05, 0) is 30.5 Å². The molecule has 0 heterocycles. The summed E-state index contributed by atoms with van der Waals surface area (Å²) in [4.78, 5) is 0. The van der Waals surface area contributed by atoms with Crippen LogP contribution in [0, 0.1) is 11.8 Å². The summed E-state index contributed by atoms with van der Waals surface area (Å²) >= 11 is 0. The molecular formula is C14H24N2. The van der Waals surface area contributed by atoms with Gasteiger partial charge in [0, 0.05) is 18.8 Å². The molecule has 2 heteroatoms. The van der Waals surface area contributed by atoms with Gasteiger partial charge in [-0.1, -0.05) is 39.0 Å². The summed E-state index contributed by atoms with van der Waals surface area (Å²) < 4.78 is 0. The molecule has 2 N–H and O–H groups in total. The van der Waals surface area contributed by atoms with Gasteiger partial charge in [0.05, 0.1) is 0 Å². The number of anilines is 1. The molecule has 2 nitrogen and oxygen atoms in total. The maximum Gasteiger partial charge on any atom is 0.0340 e. The first-order valence-corrected chi connectivity index (χ1v) is 6.19. The lowest BCUT2D eigenvalue weighted by molar-refractivity contribution is 0.396. The Kier molecular flexibility index (Phi) is 5.94. The third kappa shape index (κ3) is 5.17. The molecule has 90 valence electrons. The first-order chi connectivity index (χ1) is 7.70. The van der Waals surface area contributed by atoms with Gasteiger partial charge in [-0.25, -0.2) is 0 Å². The zero-order chi connectivity index (χ0) is 11.8. The van der Waals surface area contributed by atoms with Crippen molar-refractivity contribution in [1.29, 1.82) is 0 Å². The second kappa shape index (κ2) is 7.29. The molecule has 1 aromatic rings. The van der Waals surface area contributed by atoms with Crippen LogP contribution < -0.4 is 10.6 Å². The quantitative estimate of drug-likeness (QED) is 0.690. The van der Waals surface area contributed by atoms with Crippen LogP contribution in [-0.2, 0) is 0 Å². The highest BCUT2D eigenvalue weighted by atomic mass is 14.9. The molecule has 1 aromatic carbocycles. The molecule has 1 unspecified atom stereocenters. The minimum atomic E-state index is 0.747. The molecule has 0 bridgehead atoms. The third-order valence-electron chi connectivity index (χ3n) is 3.01. The predicted octanol–water partition coefficient (Wildman–Crippen LogP) is 2.98. The number of para-hydroxylation sites is 1. The monoisotopic (exact) mass is 220 g/mol. The number of hydrogen-bond donors (Lipinski definition) is 2. The Morgan fingerprint density at radius 2 is 1.69 bits per heavy atom. The minimum absolute atomic E-state index is 0.747. The normalized spacial score (nSPS) is 12.8. The summed E-state index contributed by atoms with van der Waals surface area (Å²) in [5.41, 5.74) is 1.20. The van der Waals surface area contributed by atoms with Crippen molar-refractivity contribution in [3.8, 4) is 0 Å². The highest BCUT2D eigenvalue weighted by Crippen LogP contribution is 2.07. The van der Waals surface area contributed by atoms with E-state index in [1.807, 2.05) is 6.07 Å². The molecular weight excluding hydrogens is 196 g/mol. The van der Waals surface area contributed by atoms with E-state index in [2.05, 4.69) is 55.7 Å². The average molecular weight is 220 g/mol. The standard InChI is InChI=1S/C14H24N2/c1-12(2)13(3)11-15-9-10-16-14-7-5-4-6-8-14/h4-8,12-13,15-16H,9-11H2,1-3H3. The van der Waals surface area contributed by atoms with Gasteiger partial charge >= 0.3 is 0 Å². The van der Waals surface area contributed by atoms with Gasteiger partial charge in [-0.3, -0.25) is 0 Å². The van der Waals surface area contributed by atoms with E-state index in [0.29, 0.717) is 0 Å². The van der Waals surface area contributed by atoms with Crippen LogP contribution in [0.2, 0.25) is 0 Å². The summed E-state index contributed by atoms with van der Waals surface area (Å²) in [6.07, 6.45) is 0. The van der Waals surface area contributed by atoms with Gasteiger partial charge in [0.1, 0.15) is 0 Å². The van der Waals surface area contributed by atoms with Crippen molar-refractivity contribution in [2.45, 2.75) is 20.8 Å². The van der Waals surface area contributed by atoms with Crippen LogP contribution in [0.5, 0.6) is 0 Å². The van der Waals surface area contributed by atoms with E-state index in [1.54, 1.807) is 0 Å².